The van der Waals surface area contributed by atoms with E-state index in [1.807, 2.05) is 31.2 Å². The van der Waals surface area contributed by atoms with E-state index in [4.69, 9.17) is 9.15 Å². The number of carbonyl (C=O) groups is 2. The van der Waals surface area contributed by atoms with Crippen molar-refractivity contribution < 1.29 is 31.6 Å². The number of hydrogen-bond donors (Lipinski definition) is 1. The fraction of sp³-hybridized carbons (Fsp3) is 0.182. The lowest BCUT2D eigenvalue weighted by Gasteiger charge is -2.28. The van der Waals surface area contributed by atoms with Gasteiger partial charge in [-0.05, 0) is 42.8 Å². The smallest absolute Gasteiger partial charge is 0.279 e. The number of pyridine rings is 1. The highest BCUT2D eigenvalue weighted by Gasteiger charge is 2.30. The molecule has 6 rings (SSSR count). The van der Waals surface area contributed by atoms with E-state index in [0.717, 1.165) is 16.1 Å². The van der Waals surface area contributed by atoms with E-state index in [-0.39, 0.29) is 47.5 Å². The molecule has 0 saturated heterocycles. The second-order valence-corrected chi connectivity index (χ2v) is 12.8. The highest BCUT2D eigenvalue weighted by atomic mass is 32.2. The standard InChI is InChI=1S/C33H29FN4O6S/c1-19-5-9-21(10-6-19)31-29(32(39)35-2)24-15-23(26(16-28(24)44-31)37(3)45(4,41)42)25-13-14-27-30(36-25)33(40)38(18-43-27)17-20-7-11-22(34)12-8-20/h5-16H,17-18H2,1-4H3,(H,35,39). The summed E-state index contributed by atoms with van der Waals surface area (Å²) in [4.78, 5) is 32.9. The van der Waals surface area contributed by atoms with Gasteiger partial charge in [-0.1, -0.05) is 42.0 Å². The van der Waals surface area contributed by atoms with Crippen LogP contribution >= 0.6 is 0 Å². The number of hydrogen-bond acceptors (Lipinski definition) is 7. The number of sulfonamides is 1. The number of amides is 2. The molecule has 2 amide bonds. The zero-order chi connectivity index (χ0) is 32.0. The molecule has 0 unspecified atom stereocenters. The average Bonchev–Trinajstić information content (AvgIpc) is 3.40. The molecule has 0 atom stereocenters. The summed E-state index contributed by atoms with van der Waals surface area (Å²) in [5.41, 5.74) is 3.88. The number of benzene rings is 3. The summed E-state index contributed by atoms with van der Waals surface area (Å²) in [6.07, 6.45) is 1.07. The van der Waals surface area contributed by atoms with Gasteiger partial charge in [-0.25, -0.2) is 17.8 Å². The molecule has 3 heterocycles. The zero-order valence-corrected chi connectivity index (χ0v) is 25.7. The van der Waals surface area contributed by atoms with Crippen molar-refractivity contribution in [2.75, 3.05) is 31.4 Å². The van der Waals surface area contributed by atoms with Gasteiger partial charge in [0.15, 0.2) is 18.2 Å². The van der Waals surface area contributed by atoms with Gasteiger partial charge in [0.1, 0.15) is 17.2 Å². The maximum atomic E-state index is 13.6. The van der Waals surface area contributed by atoms with E-state index in [2.05, 4.69) is 10.3 Å². The topological polar surface area (TPSA) is 122 Å². The minimum absolute atomic E-state index is 0.0233. The molecule has 1 aliphatic heterocycles. The van der Waals surface area contributed by atoms with Crippen LogP contribution in [0.3, 0.4) is 0 Å². The van der Waals surface area contributed by atoms with Crippen LogP contribution in [0.15, 0.2) is 77.2 Å². The fourth-order valence-corrected chi connectivity index (χ4v) is 5.69. The number of nitrogens with zero attached hydrogens (tertiary/aromatic N) is 3. The van der Waals surface area contributed by atoms with Crippen LogP contribution < -0.4 is 14.4 Å². The van der Waals surface area contributed by atoms with Crippen molar-refractivity contribution in [3.8, 4) is 28.3 Å². The third-order valence-corrected chi connectivity index (χ3v) is 8.89. The number of aryl methyl sites for hydroxylation is 1. The summed E-state index contributed by atoms with van der Waals surface area (Å²) in [7, 11) is -0.834. The zero-order valence-electron chi connectivity index (χ0n) is 24.9. The van der Waals surface area contributed by atoms with Crippen LogP contribution in [0.1, 0.15) is 32.0 Å². The Balaban J connectivity index is 1.51. The van der Waals surface area contributed by atoms with Gasteiger partial charge in [0, 0.05) is 43.2 Å². The van der Waals surface area contributed by atoms with E-state index in [9.17, 15) is 22.4 Å². The maximum Gasteiger partial charge on any atom is 0.279 e. The van der Waals surface area contributed by atoms with E-state index >= 15 is 0 Å². The third kappa shape index (κ3) is 5.60. The molecular weight excluding hydrogens is 599 g/mol. The number of aromatic nitrogens is 1. The minimum Gasteiger partial charge on any atom is -0.471 e. The molecule has 45 heavy (non-hydrogen) atoms. The Hall–Kier alpha value is -5.23. The number of halogens is 1. The molecule has 1 aliphatic rings. The van der Waals surface area contributed by atoms with Gasteiger partial charge in [0.05, 0.1) is 23.2 Å². The first kappa shape index (κ1) is 29.8. The van der Waals surface area contributed by atoms with E-state index < -0.39 is 21.8 Å². The van der Waals surface area contributed by atoms with Crippen molar-refractivity contribution in [1.29, 1.82) is 0 Å². The fourth-order valence-electron chi connectivity index (χ4n) is 5.18. The second kappa shape index (κ2) is 11.4. The van der Waals surface area contributed by atoms with Gasteiger partial charge < -0.3 is 14.5 Å². The normalized spacial score (nSPS) is 13.0. The van der Waals surface area contributed by atoms with Crippen molar-refractivity contribution in [3.05, 3.63) is 101 Å². The van der Waals surface area contributed by atoms with Crippen molar-refractivity contribution in [1.82, 2.24) is 15.2 Å². The largest absolute Gasteiger partial charge is 0.471 e. The Morgan fingerprint density at radius 2 is 1.78 bits per heavy atom. The lowest BCUT2D eigenvalue weighted by Crippen LogP contribution is -2.38. The molecule has 12 heteroatoms. The van der Waals surface area contributed by atoms with Crippen LogP contribution in [0.5, 0.6) is 5.75 Å². The Morgan fingerprint density at radius 3 is 2.44 bits per heavy atom. The lowest BCUT2D eigenvalue weighted by molar-refractivity contribution is 0.0488. The number of carbonyl (C=O) groups excluding carboxylic acids is 2. The second-order valence-electron chi connectivity index (χ2n) is 10.8. The number of fused-ring (bicyclic) bond motifs is 2. The highest BCUT2D eigenvalue weighted by Crippen LogP contribution is 2.41. The number of furan rings is 1. The minimum atomic E-state index is -3.75. The molecule has 10 nitrogen and oxygen atoms in total. The number of ether oxygens (including phenoxy) is 1. The number of nitrogens with one attached hydrogen (secondary N) is 1. The Labute approximate surface area is 259 Å². The first-order chi connectivity index (χ1) is 21.4. The summed E-state index contributed by atoms with van der Waals surface area (Å²) in [6, 6.07) is 19.7. The molecule has 2 aromatic heterocycles. The summed E-state index contributed by atoms with van der Waals surface area (Å²) in [5.74, 6) is -0.579. The summed E-state index contributed by atoms with van der Waals surface area (Å²) < 4.78 is 52.1. The van der Waals surface area contributed by atoms with Crippen LogP contribution in [-0.4, -0.2) is 57.2 Å². The maximum absolute atomic E-state index is 13.6. The van der Waals surface area contributed by atoms with Gasteiger partial charge in [0.2, 0.25) is 10.0 Å². The van der Waals surface area contributed by atoms with Crippen LogP contribution in [0, 0.1) is 12.7 Å². The Morgan fingerprint density at radius 1 is 1.07 bits per heavy atom. The van der Waals surface area contributed by atoms with Gasteiger partial charge in [-0.2, -0.15) is 0 Å². The summed E-state index contributed by atoms with van der Waals surface area (Å²) in [6.45, 7) is 2.10. The van der Waals surface area contributed by atoms with Crippen molar-refractivity contribution in [2.45, 2.75) is 13.5 Å². The van der Waals surface area contributed by atoms with Crippen molar-refractivity contribution in [3.63, 3.8) is 0 Å². The van der Waals surface area contributed by atoms with Crippen LogP contribution in [0.25, 0.3) is 33.6 Å². The Kier molecular flexibility index (Phi) is 7.53. The number of rotatable bonds is 7. The summed E-state index contributed by atoms with van der Waals surface area (Å²) in [5, 5.41) is 3.10. The van der Waals surface area contributed by atoms with E-state index in [0.29, 0.717) is 33.4 Å². The van der Waals surface area contributed by atoms with Crippen LogP contribution in [0.4, 0.5) is 10.1 Å². The van der Waals surface area contributed by atoms with Gasteiger partial charge in [0.25, 0.3) is 11.8 Å². The average molecular weight is 629 g/mol. The molecule has 230 valence electrons. The molecule has 0 spiro atoms. The van der Waals surface area contributed by atoms with Gasteiger partial charge in [-0.15, -0.1) is 0 Å². The lowest BCUT2D eigenvalue weighted by atomic mass is 10.00. The molecule has 0 fully saturated rings. The van der Waals surface area contributed by atoms with Crippen molar-refractivity contribution >= 4 is 38.5 Å². The van der Waals surface area contributed by atoms with Crippen LogP contribution in [-0.2, 0) is 16.6 Å². The highest BCUT2D eigenvalue weighted by molar-refractivity contribution is 7.92. The number of anilines is 1. The predicted molar refractivity (Wildman–Crippen MR) is 168 cm³/mol. The molecule has 0 radical (unpaired) electrons. The molecule has 3 aromatic carbocycles. The van der Waals surface area contributed by atoms with Gasteiger partial charge in [-0.3, -0.25) is 18.8 Å². The first-order valence-corrected chi connectivity index (χ1v) is 15.8. The van der Waals surface area contributed by atoms with E-state index in [1.165, 1.54) is 31.1 Å². The van der Waals surface area contributed by atoms with Crippen molar-refractivity contribution in [2.24, 2.45) is 0 Å². The molecule has 1 N–H and O–H groups in total. The van der Waals surface area contributed by atoms with Crippen LogP contribution in [0.2, 0.25) is 0 Å². The quantitative estimate of drug-likeness (QED) is 0.258. The third-order valence-electron chi connectivity index (χ3n) is 7.70. The molecule has 0 aliphatic carbocycles. The monoisotopic (exact) mass is 628 g/mol. The summed E-state index contributed by atoms with van der Waals surface area (Å²) >= 11 is 0. The molecule has 0 bridgehead atoms. The van der Waals surface area contributed by atoms with Gasteiger partial charge >= 0.3 is 0 Å². The Bertz CT molecular complexity index is 2080. The first-order valence-electron chi connectivity index (χ1n) is 14.0. The van der Waals surface area contributed by atoms with E-state index in [1.54, 1.807) is 36.4 Å². The SMILES string of the molecule is CNC(=O)c1c(-c2ccc(C)cc2)oc2cc(N(C)S(C)(=O)=O)c(-c3ccc4c(n3)C(=O)N(Cc3ccc(F)cc3)CO4)cc12. The molecule has 0 saturated carbocycles. The molecule has 5 aromatic rings. The predicted octanol–water partition coefficient (Wildman–Crippen LogP) is 5.36. The molecular formula is C33H29FN4O6S.